The molecule has 2 bridgehead atoms. The molecule has 1 amide bonds. The third-order valence-corrected chi connectivity index (χ3v) is 8.21. The first kappa shape index (κ1) is 23.1. The molecular formula is C27H28FN5O3. The number of aromatic nitrogens is 1. The number of esters is 1. The molecule has 3 aliphatic heterocycles. The average molecular weight is 490 g/mol. The van der Waals surface area contributed by atoms with Crippen molar-refractivity contribution in [2.75, 3.05) is 20.1 Å². The minimum atomic E-state index is -0.820. The van der Waals surface area contributed by atoms with Crippen LogP contribution in [0, 0.1) is 23.1 Å². The Bertz CT molecular complexity index is 1290. The fourth-order valence-electron chi connectivity index (χ4n) is 6.34. The molecule has 1 aliphatic carbocycles. The smallest absolute Gasteiger partial charge is 0.341 e. The molecule has 2 N–H and O–H groups in total. The van der Waals surface area contributed by atoms with Crippen molar-refractivity contribution in [2.45, 2.75) is 55.8 Å². The number of halogens is 1. The van der Waals surface area contributed by atoms with Crippen molar-refractivity contribution >= 4 is 11.9 Å². The SMILES string of the molecule is CN1CCC2(C1)OC(=O)c1cnc(-c3ccc(C[C@@H](C#N)NC(=O)[C@H]4N[C@@H]5CC[C@H]4C5)c(F)c3)cc12. The Hall–Kier alpha value is -3.35. The number of ether oxygens (including phenoxy) is 1. The van der Waals surface area contributed by atoms with Crippen LogP contribution in [0.1, 0.15) is 47.2 Å². The largest absolute Gasteiger partial charge is 0.449 e. The van der Waals surface area contributed by atoms with Crippen LogP contribution in [-0.4, -0.2) is 60.0 Å². The molecule has 2 saturated heterocycles. The maximum Gasteiger partial charge on any atom is 0.341 e. The zero-order valence-corrected chi connectivity index (χ0v) is 20.1. The number of amides is 1. The number of hydrogen-bond acceptors (Lipinski definition) is 7. The molecule has 5 atom stereocenters. The van der Waals surface area contributed by atoms with E-state index in [0.717, 1.165) is 31.4 Å². The molecule has 4 heterocycles. The van der Waals surface area contributed by atoms with Crippen molar-refractivity contribution in [3.63, 3.8) is 0 Å². The summed E-state index contributed by atoms with van der Waals surface area (Å²) in [5.74, 6) is -0.706. The van der Waals surface area contributed by atoms with Crippen LogP contribution in [0.3, 0.4) is 0 Å². The average Bonchev–Trinajstić information content (AvgIpc) is 3.65. The van der Waals surface area contributed by atoms with Gasteiger partial charge in [-0.3, -0.25) is 9.78 Å². The molecule has 6 rings (SSSR count). The number of likely N-dealkylation sites (N-methyl/N-ethyl adjacent to an activating group) is 1. The Labute approximate surface area is 208 Å². The highest BCUT2D eigenvalue weighted by molar-refractivity contribution is 5.95. The normalized spacial score (nSPS) is 29.2. The van der Waals surface area contributed by atoms with Gasteiger partial charge in [0, 0.05) is 49.3 Å². The Morgan fingerprint density at radius 1 is 1.42 bits per heavy atom. The second-order valence-corrected chi connectivity index (χ2v) is 10.6. The van der Waals surface area contributed by atoms with Gasteiger partial charge >= 0.3 is 5.97 Å². The zero-order valence-electron chi connectivity index (χ0n) is 20.1. The molecular weight excluding hydrogens is 461 g/mol. The number of fused-ring (bicyclic) bond motifs is 4. The number of rotatable bonds is 5. The second-order valence-electron chi connectivity index (χ2n) is 10.6. The molecule has 3 fully saturated rings. The topological polar surface area (TPSA) is 107 Å². The van der Waals surface area contributed by atoms with Crippen molar-refractivity contribution in [3.05, 3.63) is 53.0 Å². The van der Waals surface area contributed by atoms with Crippen LogP contribution in [-0.2, 0) is 21.6 Å². The number of benzene rings is 1. The molecule has 1 saturated carbocycles. The summed E-state index contributed by atoms with van der Waals surface area (Å²) >= 11 is 0. The number of nitrogens with one attached hydrogen (secondary N) is 2. The highest BCUT2D eigenvalue weighted by atomic mass is 19.1. The first-order valence-electron chi connectivity index (χ1n) is 12.5. The number of carbonyl (C=O) groups is 2. The second kappa shape index (κ2) is 8.64. The fraction of sp³-hybridized carbons (Fsp3) is 0.481. The fourth-order valence-corrected chi connectivity index (χ4v) is 6.34. The highest BCUT2D eigenvalue weighted by Crippen LogP contribution is 2.44. The number of hydrogen-bond donors (Lipinski definition) is 2. The number of pyridine rings is 1. The van der Waals surface area contributed by atoms with Crippen LogP contribution in [0.4, 0.5) is 4.39 Å². The lowest BCUT2D eigenvalue weighted by Gasteiger charge is -2.23. The van der Waals surface area contributed by atoms with E-state index in [4.69, 9.17) is 4.74 Å². The van der Waals surface area contributed by atoms with Gasteiger partial charge < -0.3 is 20.3 Å². The lowest BCUT2D eigenvalue weighted by molar-refractivity contribution is -0.124. The van der Waals surface area contributed by atoms with E-state index >= 15 is 4.39 Å². The summed E-state index contributed by atoms with van der Waals surface area (Å²) in [5.41, 5.74) is 2.06. The van der Waals surface area contributed by atoms with E-state index in [9.17, 15) is 14.9 Å². The lowest BCUT2D eigenvalue weighted by Crippen LogP contribution is -2.50. The molecule has 4 aliphatic rings. The molecule has 2 aromatic rings. The third kappa shape index (κ3) is 3.85. The minimum Gasteiger partial charge on any atom is -0.449 e. The zero-order chi connectivity index (χ0) is 25.0. The van der Waals surface area contributed by atoms with Gasteiger partial charge in [0.1, 0.15) is 11.9 Å². The number of likely N-dealkylation sites (tertiary alicyclic amines) is 1. The van der Waals surface area contributed by atoms with Crippen LogP contribution < -0.4 is 10.6 Å². The lowest BCUT2D eigenvalue weighted by atomic mass is 9.91. The summed E-state index contributed by atoms with van der Waals surface area (Å²) in [5, 5.41) is 15.7. The van der Waals surface area contributed by atoms with E-state index in [0.29, 0.717) is 47.3 Å². The van der Waals surface area contributed by atoms with Crippen LogP contribution in [0.2, 0.25) is 0 Å². The molecule has 1 spiro atoms. The van der Waals surface area contributed by atoms with Crippen molar-refractivity contribution in [2.24, 2.45) is 5.92 Å². The Morgan fingerprint density at radius 3 is 2.94 bits per heavy atom. The number of piperidine rings is 1. The Kier molecular flexibility index (Phi) is 5.54. The van der Waals surface area contributed by atoms with Gasteiger partial charge in [0.2, 0.25) is 5.91 Å². The van der Waals surface area contributed by atoms with Crippen molar-refractivity contribution in [3.8, 4) is 17.3 Å². The van der Waals surface area contributed by atoms with Gasteiger partial charge in [0.15, 0.2) is 5.60 Å². The van der Waals surface area contributed by atoms with Gasteiger partial charge in [-0.25, -0.2) is 9.18 Å². The van der Waals surface area contributed by atoms with Crippen molar-refractivity contribution < 1.29 is 18.7 Å². The van der Waals surface area contributed by atoms with E-state index in [-0.39, 0.29) is 24.3 Å². The summed E-state index contributed by atoms with van der Waals surface area (Å²) in [6.07, 6.45) is 5.41. The van der Waals surface area contributed by atoms with Crippen LogP contribution in [0.15, 0.2) is 30.5 Å². The Morgan fingerprint density at radius 2 is 2.28 bits per heavy atom. The first-order chi connectivity index (χ1) is 17.3. The summed E-state index contributed by atoms with van der Waals surface area (Å²) in [4.78, 5) is 31.6. The predicted molar refractivity (Wildman–Crippen MR) is 128 cm³/mol. The summed E-state index contributed by atoms with van der Waals surface area (Å²) < 4.78 is 20.9. The van der Waals surface area contributed by atoms with Crippen LogP contribution in [0.5, 0.6) is 0 Å². The van der Waals surface area contributed by atoms with E-state index in [1.54, 1.807) is 12.1 Å². The first-order valence-corrected chi connectivity index (χ1v) is 12.5. The Balaban J connectivity index is 1.19. The van der Waals surface area contributed by atoms with Gasteiger partial charge in [-0.05, 0) is 49.9 Å². The predicted octanol–water partition coefficient (Wildman–Crippen LogP) is 2.28. The molecule has 1 aromatic heterocycles. The standard InChI is InChI=1S/C27H28FN5O3/c1-33-7-6-27(14-33)21-11-23(30-13-20(21)26(35)36-27)16-3-2-15(22(28)10-16)8-19(12-29)32-25(34)24-17-4-5-18(9-17)31-24/h2-3,10-11,13,17-19,24,31H,4-9,14H2,1H3,(H,32,34)/t17-,18+,19-,24-,27?/m0/s1. The molecule has 186 valence electrons. The van der Waals surface area contributed by atoms with Gasteiger partial charge in [0.25, 0.3) is 0 Å². The van der Waals surface area contributed by atoms with Gasteiger partial charge in [-0.15, -0.1) is 0 Å². The summed E-state index contributed by atoms with van der Waals surface area (Å²) in [6.45, 7) is 1.43. The van der Waals surface area contributed by atoms with Crippen molar-refractivity contribution in [1.29, 1.82) is 5.26 Å². The van der Waals surface area contributed by atoms with Crippen LogP contribution >= 0.6 is 0 Å². The van der Waals surface area contributed by atoms with E-state index < -0.39 is 17.5 Å². The number of nitrogens with zero attached hydrogens (tertiary/aromatic N) is 3. The number of nitriles is 1. The monoisotopic (exact) mass is 489 g/mol. The summed E-state index contributed by atoms with van der Waals surface area (Å²) in [6, 6.07) is 8.00. The summed E-state index contributed by atoms with van der Waals surface area (Å²) in [7, 11) is 1.99. The van der Waals surface area contributed by atoms with Crippen LogP contribution in [0.25, 0.3) is 11.3 Å². The van der Waals surface area contributed by atoms with Gasteiger partial charge in [0.05, 0.1) is 23.4 Å². The van der Waals surface area contributed by atoms with E-state index in [1.165, 1.54) is 12.3 Å². The van der Waals surface area contributed by atoms with E-state index in [2.05, 4.69) is 26.6 Å². The third-order valence-electron chi connectivity index (χ3n) is 8.21. The van der Waals surface area contributed by atoms with Gasteiger partial charge in [-0.2, -0.15) is 5.26 Å². The molecule has 8 nitrogen and oxygen atoms in total. The molecule has 0 radical (unpaired) electrons. The van der Waals surface area contributed by atoms with Gasteiger partial charge in [-0.1, -0.05) is 12.1 Å². The quantitative estimate of drug-likeness (QED) is 0.621. The van der Waals surface area contributed by atoms with Crippen molar-refractivity contribution in [1.82, 2.24) is 20.5 Å². The number of carbonyl (C=O) groups excluding carboxylic acids is 2. The highest BCUT2D eigenvalue weighted by Gasteiger charge is 2.49. The maximum absolute atomic E-state index is 15.1. The molecule has 1 unspecified atom stereocenters. The molecule has 9 heteroatoms. The minimum absolute atomic E-state index is 0.0740. The maximum atomic E-state index is 15.1. The molecule has 36 heavy (non-hydrogen) atoms. The van der Waals surface area contributed by atoms with E-state index in [1.807, 2.05) is 13.1 Å². The molecule has 1 aromatic carbocycles.